The van der Waals surface area contributed by atoms with Gasteiger partial charge in [0.25, 0.3) is 0 Å². The van der Waals surface area contributed by atoms with Crippen LogP contribution in [-0.2, 0) is 0 Å². The Bertz CT molecular complexity index is 935. The third-order valence-electron chi connectivity index (χ3n) is 3.19. The van der Waals surface area contributed by atoms with E-state index in [2.05, 4.69) is 20.9 Å². The van der Waals surface area contributed by atoms with E-state index in [9.17, 15) is 4.39 Å². The number of nitrogens with one attached hydrogen (secondary N) is 1. The van der Waals surface area contributed by atoms with Crippen LogP contribution in [0.25, 0.3) is 16.7 Å². The number of aryl methyl sites for hydroxylation is 1. The van der Waals surface area contributed by atoms with Gasteiger partial charge in [-0.15, -0.1) is 0 Å². The number of aromatic amines is 1. The standard InChI is InChI=1S/C14H8BrClFIN2S/c1-6-2-7(15)12(3-8(6)16)20-13-4-9(17)10(18)5-11(13)19-14(20)21/h2-5H,1H3,(H,19,21). The van der Waals surface area contributed by atoms with Gasteiger partial charge in [-0.1, -0.05) is 11.6 Å². The molecule has 0 aliphatic carbocycles. The molecule has 0 saturated carbocycles. The minimum Gasteiger partial charge on any atom is -0.330 e. The summed E-state index contributed by atoms with van der Waals surface area (Å²) in [6.45, 7) is 1.92. The lowest BCUT2D eigenvalue weighted by Gasteiger charge is -2.10. The van der Waals surface area contributed by atoms with Gasteiger partial charge in [-0.05, 0) is 81.4 Å². The average molecular weight is 498 g/mol. The number of benzene rings is 2. The lowest BCUT2D eigenvalue weighted by Crippen LogP contribution is -1.97. The summed E-state index contributed by atoms with van der Waals surface area (Å²) in [5.41, 5.74) is 3.20. The Morgan fingerprint density at radius 3 is 2.76 bits per heavy atom. The van der Waals surface area contributed by atoms with Crippen molar-refractivity contribution in [3.05, 3.63) is 53.5 Å². The van der Waals surface area contributed by atoms with Crippen LogP contribution >= 0.6 is 62.3 Å². The highest BCUT2D eigenvalue weighted by atomic mass is 127. The van der Waals surface area contributed by atoms with Crippen molar-refractivity contribution in [1.29, 1.82) is 0 Å². The Morgan fingerprint density at radius 2 is 2.05 bits per heavy atom. The normalized spacial score (nSPS) is 11.3. The van der Waals surface area contributed by atoms with Crippen LogP contribution in [0, 0.1) is 21.1 Å². The molecule has 2 nitrogen and oxygen atoms in total. The van der Waals surface area contributed by atoms with Gasteiger partial charge in [0.2, 0.25) is 0 Å². The van der Waals surface area contributed by atoms with E-state index in [1.807, 2.05) is 41.6 Å². The fraction of sp³-hybridized carbons (Fsp3) is 0.0714. The predicted molar refractivity (Wildman–Crippen MR) is 98.6 cm³/mol. The molecule has 0 aliphatic heterocycles. The number of hydrogen-bond donors (Lipinski definition) is 1. The molecule has 1 N–H and O–H groups in total. The molecule has 108 valence electrons. The van der Waals surface area contributed by atoms with Crippen molar-refractivity contribution >= 4 is 73.4 Å². The summed E-state index contributed by atoms with van der Waals surface area (Å²) in [6, 6.07) is 6.95. The van der Waals surface area contributed by atoms with E-state index >= 15 is 0 Å². The summed E-state index contributed by atoms with van der Waals surface area (Å²) in [5.74, 6) is -0.278. The fourth-order valence-corrected chi connectivity index (χ4v) is 3.72. The molecule has 7 heteroatoms. The van der Waals surface area contributed by atoms with Crippen LogP contribution in [0.15, 0.2) is 28.7 Å². The van der Waals surface area contributed by atoms with Gasteiger partial charge in [0, 0.05) is 15.6 Å². The first-order valence-corrected chi connectivity index (χ1v) is 8.60. The van der Waals surface area contributed by atoms with Gasteiger partial charge in [-0.2, -0.15) is 0 Å². The lowest BCUT2D eigenvalue weighted by atomic mass is 10.2. The highest BCUT2D eigenvalue weighted by Gasteiger charge is 2.13. The second-order valence-corrected chi connectivity index (χ2v) is 7.41. The van der Waals surface area contributed by atoms with E-state index in [1.54, 1.807) is 10.6 Å². The van der Waals surface area contributed by atoms with Gasteiger partial charge < -0.3 is 4.98 Å². The van der Waals surface area contributed by atoms with Crippen molar-refractivity contribution in [2.75, 3.05) is 0 Å². The molecule has 0 bridgehead atoms. The molecule has 0 radical (unpaired) electrons. The zero-order chi connectivity index (χ0) is 15.3. The second-order valence-electron chi connectivity index (χ2n) is 4.60. The van der Waals surface area contributed by atoms with Gasteiger partial charge >= 0.3 is 0 Å². The Balaban J connectivity index is 2.40. The molecule has 0 amide bonds. The minimum absolute atomic E-state index is 0.278. The first-order chi connectivity index (χ1) is 9.88. The van der Waals surface area contributed by atoms with Gasteiger partial charge in [-0.3, -0.25) is 4.57 Å². The Morgan fingerprint density at radius 1 is 1.33 bits per heavy atom. The summed E-state index contributed by atoms with van der Waals surface area (Å²) < 4.78 is 17.6. The lowest BCUT2D eigenvalue weighted by molar-refractivity contribution is 0.622. The molecule has 0 unspecified atom stereocenters. The van der Waals surface area contributed by atoms with Gasteiger partial charge in [-0.25, -0.2) is 4.39 Å². The number of rotatable bonds is 1. The van der Waals surface area contributed by atoms with E-state index in [0.29, 0.717) is 18.9 Å². The van der Waals surface area contributed by atoms with E-state index in [0.717, 1.165) is 21.2 Å². The van der Waals surface area contributed by atoms with Crippen molar-refractivity contribution in [2.45, 2.75) is 6.92 Å². The summed E-state index contributed by atoms with van der Waals surface area (Å²) in [7, 11) is 0. The largest absolute Gasteiger partial charge is 0.330 e. The van der Waals surface area contributed by atoms with Crippen LogP contribution in [-0.4, -0.2) is 9.55 Å². The predicted octanol–water partition coefficient (Wildman–Crippen LogP) is 6.16. The maximum atomic E-state index is 13.9. The molecule has 0 spiro atoms. The van der Waals surface area contributed by atoms with Crippen molar-refractivity contribution in [3.8, 4) is 5.69 Å². The topological polar surface area (TPSA) is 20.7 Å². The zero-order valence-electron chi connectivity index (χ0n) is 10.7. The number of fused-ring (bicyclic) bond motifs is 1. The van der Waals surface area contributed by atoms with Gasteiger partial charge in [0.15, 0.2) is 4.77 Å². The highest BCUT2D eigenvalue weighted by Crippen LogP contribution is 2.31. The maximum Gasteiger partial charge on any atom is 0.182 e. The van der Waals surface area contributed by atoms with Crippen LogP contribution in [0.5, 0.6) is 0 Å². The molecule has 0 saturated heterocycles. The molecule has 0 aliphatic rings. The van der Waals surface area contributed by atoms with Crippen LogP contribution in [0.1, 0.15) is 5.56 Å². The number of halogens is 4. The molecule has 2 aromatic carbocycles. The van der Waals surface area contributed by atoms with E-state index in [-0.39, 0.29) is 5.82 Å². The van der Waals surface area contributed by atoms with Crippen LogP contribution in [0.3, 0.4) is 0 Å². The van der Waals surface area contributed by atoms with Crippen LogP contribution in [0.2, 0.25) is 5.02 Å². The quantitative estimate of drug-likeness (QED) is 0.316. The Kier molecular flexibility index (Phi) is 4.15. The van der Waals surface area contributed by atoms with E-state index in [4.69, 9.17) is 23.8 Å². The molecule has 0 atom stereocenters. The third kappa shape index (κ3) is 2.67. The summed E-state index contributed by atoms with van der Waals surface area (Å²) in [6.07, 6.45) is 0. The fourth-order valence-electron chi connectivity index (χ4n) is 2.15. The molecule has 1 heterocycles. The zero-order valence-corrected chi connectivity index (χ0v) is 16.0. The van der Waals surface area contributed by atoms with Crippen molar-refractivity contribution in [2.24, 2.45) is 0 Å². The first kappa shape index (κ1) is 15.5. The molecule has 21 heavy (non-hydrogen) atoms. The number of nitrogens with zero attached hydrogens (tertiary/aromatic N) is 1. The maximum absolute atomic E-state index is 13.9. The number of H-pyrrole nitrogens is 1. The van der Waals surface area contributed by atoms with Crippen LogP contribution in [0.4, 0.5) is 4.39 Å². The van der Waals surface area contributed by atoms with Crippen LogP contribution < -0.4 is 0 Å². The SMILES string of the molecule is Cc1cc(Br)c(-n2c(=S)[nH]c3cc(I)c(F)cc32)cc1Cl. The summed E-state index contributed by atoms with van der Waals surface area (Å²) in [5, 5.41) is 0.635. The Hall–Kier alpha value is -0.440. The molecule has 0 fully saturated rings. The third-order valence-corrected chi connectivity index (χ3v) is 5.35. The Labute approximate surface area is 152 Å². The number of imidazole rings is 1. The minimum atomic E-state index is -0.278. The average Bonchev–Trinajstić information content (AvgIpc) is 2.70. The molecular weight excluding hydrogens is 489 g/mol. The van der Waals surface area contributed by atoms with E-state index < -0.39 is 0 Å². The van der Waals surface area contributed by atoms with Gasteiger partial charge in [0.1, 0.15) is 5.82 Å². The smallest absolute Gasteiger partial charge is 0.182 e. The number of aromatic nitrogens is 2. The van der Waals surface area contributed by atoms with E-state index in [1.165, 1.54) is 6.07 Å². The summed E-state index contributed by atoms with van der Waals surface area (Å²) in [4.78, 5) is 3.10. The van der Waals surface area contributed by atoms with Crippen molar-refractivity contribution in [1.82, 2.24) is 9.55 Å². The monoisotopic (exact) mass is 496 g/mol. The first-order valence-electron chi connectivity index (χ1n) is 5.94. The summed E-state index contributed by atoms with van der Waals surface area (Å²) >= 11 is 17.1. The van der Waals surface area contributed by atoms with Crippen molar-refractivity contribution in [3.63, 3.8) is 0 Å². The second kappa shape index (κ2) is 5.64. The van der Waals surface area contributed by atoms with Crippen molar-refractivity contribution < 1.29 is 4.39 Å². The number of hydrogen-bond acceptors (Lipinski definition) is 1. The molecular formula is C14H8BrClFIN2S. The van der Waals surface area contributed by atoms with Gasteiger partial charge in [0.05, 0.1) is 20.3 Å². The molecule has 1 aromatic heterocycles. The highest BCUT2D eigenvalue weighted by molar-refractivity contribution is 14.1. The molecule has 3 rings (SSSR count). The molecule has 3 aromatic rings.